The maximum absolute atomic E-state index is 13.0. The van der Waals surface area contributed by atoms with Crippen molar-refractivity contribution in [2.45, 2.75) is 43.3 Å². The van der Waals surface area contributed by atoms with E-state index in [4.69, 9.17) is 5.73 Å². The molecule has 1 nitrogen and oxygen atoms in total. The van der Waals surface area contributed by atoms with Gasteiger partial charge in [-0.05, 0) is 18.8 Å². The molecule has 96 valence electrons. The van der Waals surface area contributed by atoms with Crippen molar-refractivity contribution in [3.63, 3.8) is 0 Å². The van der Waals surface area contributed by atoms with Gasteiger partial charge in [-0.25, -0.2) is 0 Å². The molecule has 16 heavy (non-hydrogen) atoms. The first-order valence-corrected chi connectivity index (χ1v) is 4.59. The SMILES string of the molecule is N[C@H](C1CCC1)C(F)(F)C(F)(F)C(F)(F)F. The van der Waals surface area contributed by atoms with Gasteiger partial charge in [0.25, 0.3) is 0 Å². The molecule has 0 aromatic carbocycles. The third-order valence-corrected chi connectivity index (χ3v) is 2.85. The highest BCUT2D eigenvalue weighted by molar-refractivity contribution is 5.01. The molecule has 0 bridgehead atoms. The van der Waals surface area contributed by atoms with Crippen LogP contribution >= 0.6 is 0 Å². The van der Waals surface area contributed by atoms with Gasteiger partial charge >= 0.3 is 18.0 Å². The molecule has 8 heteroatoms. The fourth-order valence-corrected chi connectivity index (χ4v) is 1.49. The Bertz CT molecular complexity index is 256. The fourth-order valence-electron chi connectivity index (χ4n) is 1.49. The smallest absolute Gasteiger partial charge is 0.322 e. The Morgan fingerprint density at radius 1 is 0.938 bits per heavy atom. The van der Waals surface area contributed by atoms with E-state index in [1.807, 2.05) is 0 Å². The number of hydrogen-bond acceptors (Lipinski definition) is 1. The average molecular weight is 253 g/mol. The molecule has 0 aromatic heterocycles. The second kappa shape index (κ2) is 3.75. The van der Waals surface area contributed by atoms with Gasteiger partial charge in [0, 0.05) is 0 Å². The Balaban J connectivity index is 2.90. The van der Waals surface area contributed by atoms with Crippen molar-refractivity contribution in [3.05, 3.63) is 0 Å². The van der Waals surface area contributed by atoms with Crippen molar-refractivity contribution in [2.24, 2.45) is 11.7 Å². The molecule has 1 aliphatic carbocycles. The van der Waals surface area contributed by atoms with Gasteiger partial charge in [-0.3, -0.25) is 0 Å². The van der Waals surface area contributed by atoms with Gasteiger partial charge < -0.3 is 5.73 Å². The topological polar surface area (TPSA) is 26.0 Å². The summed E-state index contributed by atoms with van der Waals surface area (Å²) in [7, 11) is 0. The molecule has 0 saturated heterocycles. The second-order valence-corrected chi connectivity index (χ2v) is 3.91. The third kappa shape index (κ3) is 1.87. The molecule has 1 aliphatic rings. The standard InChI is InChI=1S/C8H10F7N/c9-6(10,5(16)4-2-1-3-4)7(11,12)8(13,14)15/h4-5H,1-3,16H2/t5-/m1/s1. The lowest BCUT2D eigenvalue weighted by atomic mass is 9.76. The Morgan fingerprint density at radius 3 is 1.62 bits per heavy atom. The molecule has 1 fully saturated rings. The number of rotatable bonds is 3. The van der Waals surface area contributed by atoms with Gasteiger partial charge in [-0.15, -0.1) is 0 Å². The molecular formula is C8H10F7N. The van der Waals surface area contributed by atoms with Crippen LogP contribution in [0, 0.1) is 5.92 Å². The van der Waals surface area contributed by atoms with E-state index in [2.05, 4.69) is 0 Å². The minimum Gasteiger partial charge on any atom is -0.322 e. The lowest BCUT2D eigenvalue weighted by Gasteiger charge is -2.39. The highest BCUT2D eigenvalue weighted by Crippen LogP contribution is 2.50. The van der Waals surface area contributed by atoms with E-state index in [9.17, 15) is 30.7 Å². The van der Waals surface area contributed by atoms with Crippen LogP contribution in [0.15, 0.2) is 0 Å². The second-order valence-electron chi connectivity index (χ2n) is 3.91. The average Bonchev–Trinajstić information content (AvgIpc) is 1.98. The van der Waals surface area contributed by atoms with Gasteiger partial charge in [0.15, 0.2) is 0 Å². The van der Waals surface area contributed by atoms with E-state index in [1.165, 1.54) is 0 Å². The first kappa shape index (κ1) is 13.5. The van der Waals surface area contributed by atoms with Crippen molar-refractivity contribution < 1.29 is 30.7 Å². The van der Waals surface area contributed by atoms with Crippen LogP contribution in [0.1, 0.15) is 19.3 Å². The predicted octanol–water partition coefficient (Wildman–Crippen LogP) is 2.95. The van der Waals surface area contributed by atoms with E-state index in [1.54, 1.807) is 0 Å². The fraction of sp³-hybridized carbons (Fsp3) is 1.00. The lowest BCUT2D eigenvalue weighted by molar-refractivity contribution is -0.361. The Labute approximate surface area is 86.8 Å². The lowest BCUT2D eigenvalue weighted by Crippen LogP contribution is -2.63. The summed E-state index contributed by atoms with van der Waals surface area (Å²) in [5, 5.41) is 0. The van der Waals surface area contributed by atoms with Crippen molar-refractivity contribution in [1.29, 1.82) is 0 Å². The van der Waals surface area contributed by atoms with Crippen LogP contribution in [0.4, 0.5) is 30.7 Å². The summed E-state index contributed by atoms with van der Waals surface area (Å²) in [4.78, 5) is 0. The van der Waals surface area contributed by atoms with Gasteiger partial charge in [0.2, 0.25) is 0 Å². The molecule has 1 rings (SSSR count). The minimum absolute atomic E-state index is 0.157. The summed E-state index contributed by atoms with van der Waals surface area (Å²) in [5.41, 5.74) is 4.81. The molecular weight excluding hydrogens is 243 g/mol. The number of alkyl halides is 7. The van der Waals surface area contributed by atoms with Gasteiger partial charge in [-0.1, -0.05) is 6.42 Å². The van der Waals surface area contributed by atoms with Crippen molar-refractivity contribution in [2.75, 3.05) is 0 Å². The number of halogens is 7. The van der Waals surface area contributed by atoms with E-state index in [0.29, 0.717) is 6.42 Å². The molecule has 0 heterocycles. The molecule has 1 atom stereocenters. The van der Waals surface area contributed by atoms with E-state index >= 15 is 0 Å². The van der Waals surface area contributed by atoms with Crippen LogP contribution < -0.4 is 5.73 Å². The third-order valence-electron chi connectivity index (χ3n) is 2.85. The predicted molar refractivity (Wildman–Crippen MR) is 41.3 cm³/mol. The zero-order valence-electron chi connectivity index (χ0n) is 8.00. The monoisotopic (exact) mass is 253 g/mol. The van der Waals surface area contributed by atoms with Crippen LogP contribution in [0.25, 0.3) is 0 Å². The maximum Gasteiger partial charge on any atom is 0.459 e. The van der Waals surface area contributed by atoms with E-state index < -0.39 is 30.0 Å². The normalized spacial score (nSPS) is 21.8. The first-order chi connectivity index (χ1) is 7.02. The molecule has 0 aliphatic heterocycles. The van der Waals surface area contributed by atoms with Gasteiger partial charge in [-0.2, -0.15) is 30.7 Å². The first-order valence-electron chi connectivity index (χ1n) is 4.59. The minimum atomic E-state index is -6.29. The highest BCUT2D eigenvalue weighted by atomic mass is 19.4. The molecule has 0 spiro atoms. The number of nitrogens with two attached hydrogens (primary N) is 1. The van der Waals surface area contributed by atoms with E-state index in [-0.39, 0.29) is 12.8 Å². The van der Waals surface area contributed by atoms with Crippen LogP contribution in [-0.4, -0.2) is 24.1 Å². The summed E-state index contributed by atoms with van der Waals surface area (Å²) in [5.74, 6) is -12.3. The van der Waals surface area contributed by atoms with Crippen molar-refractivity contribution in [1.82, 2.24) is 0 Å². The zero-order valence-corrected chi connectivity index (χ0v) is 8.00. The largest absolute Gasteiger partial charge is 0.459 e. The summed E-state index contributed by atoms with van der Waals surface area (Å²) >= 11 is 0. The summed E-state index contributed by atoms with van der Waals surface area (Å²) in [6, 6.07) is -2.46. The molecule has 2 N–H and O–H groups in total. The van der Waals surface area contributed by atoms with E-state index in [0.717, 1.165) is 0 Å². The van der Waals surface area contributed by atoms with Gasteiger partial charge in [0.1, 0.15) is 0 Å². The summed E-state index contributed by atoms with van der Waals surface area (Å²) in [6.07, 6.45) is -5.46. The van der Waals surface area contributed by atoms with Crippen LogP contribution in [0.3, 0.4) is 0 Å². The van der Waals surface area contributed by atoms with Gasteiger partial charge in [0.05, 0.1) is 6.04 Å². The molecule has 1 saturated carbocycles. The highest BCUT2D eigenvalue weighted by Gasteiger charge is 2.75. The Hall–Kier alpha value is -0.530. The summed E-state index contributed by atoms with van der Waals surface area (Å²) in [6.45, 7) is 0. The van der Waals surface area contributed by atoms with Crippen molar-refractivity contribution >= 4 is 0 Å². The maximum atomic E-state index is 13.0. The Kier molecular flexibility index (Phi) is 3.17. The van der Waals surface area contributed by atoms with Crippen LogP contribution in [0.2, 0.25) is 0 Å². The Morgan fingerprint density at radius 2 is 1.38 bits per heavy atom. The molecule has 0 radical (unpaired) electrons. The van der Waals surface area contributed by atoms with Crippen LogP contribution in [0.5, 0.6) is 0 Å². The van der Waals surface area contributed by atoms with Crippen LogP contribution in [-0.2, 0) is 0 Å². The summed E-state index contributed by atoms with van der Waals surface area (Å²) < 4.78 is 86.4. The molecule has 0 aromatic rings. The zero-order chi connectivity index (χ0) is 12.8. The number of hydrogen-bond donors (Lipinski definition) is 1. The quantitative estimate of drug-likeness (QED) is 0.769. The molecule has 0 amide bonds. The molecule has 0 unspecified atom stereocenters. The van der Waals surface area contributed by atoms with Crippen molar-refractivity contribution in [3.8, 4) is 0 Å².